The molecule has 1 fully saturated rings. The van der Waals surface area contributed by atoms with Gasteiger partial charge in [-0.2, -0.15) is 0 Å². The van der Waals surface area contributed by atoms with Gasteiger partial charge in [-0.25, -0.2) is 0 Å². The average Bonchev–Trinajstić information content (AvgIpc) is 2.42. The molecule has 2 atom stereocenters. The minimum absolute atomic E-state index is 0.163. The summed E-state index contributed by atoms with van der Waals surface area (Å²) in [7, 11) is 0. The summed E-state index contributed by atoms with van der Waals surface area (Å²) in [5.74, 6) is 3.01. The fraction of sp³-hybridized carbons (Fsp3) is 0.529. The van der Waals surface area contributed by atoms with Crippen LogP contribution in [0.5, 0.6) is 0 Å². The van der Waals surface area contributed by atoms with Crippen LogP contribution in [0.4, 0.5) is 0 Å². The quantitative estimate of drug-likeness (QED) is 0.823. The molecule has 19 heavy (non-hydrogen) atoms. The van der Waals surface area contributed by atoms with Gasteiger partial charge < -0.3 is 5.11 Å². The molecule has 0 spiro atoms. The summed E-state index contributed by atoms with van der Waals surface area (Å²) in [6, 6.07) is 9.97. The molecule has 2 heteroatoms. The summed E-state index contributed by atoms with van der Waals surface area (Å²) in [6.45, 7) is 7.88. The molecule has 0 amide bonds. The lowest BCUT2D eigenvalue weighted by molar-refractivity contribution is -0.0837. The maximum absolute atomic E-state index is 11.0. The fourth-order valence-electron chi connectivity index (χ4n) is 2.88. The molecule has 0 radical (unpaired) electrons. The van der Waals surface area contributed by atoms with Crippen molar-refractivity contribution in [1.29, 1.82) is 0 Å². The van der Waals surface area contributed by atoms with Gasteiger partial charge in [-0.1, -0.05) is 43.2 Å². The molecular formula is C17H23NO. The van der Waals surface area contributed by atoms with Crippen LogP contribution in [0.25, 0.3) is 0 Å². The van der Waals surface area contributed by atoms with E-state index in [2.05, 4.69) is 31.6 Å². The monoisotopic (exact) mass is 257 g/mol. The topological polar surface area (TPSA) is 23.5 Å². The molecule has 0 unspecified atom stereocenters. The molecule has 102 valence electrons. The minimum atomic E-state index is -0.734. The van der Waals surface area contributed by atoms with Gasteiger partial charge in [0.1, 0.15) is 0 Å². The van der Waals surface area contributed by atoms with Gasteiger partial charge in [0.25, 0.3) is 0 Å². The second kappa shape index (κ2) is 5.00. The number of likely N-dealkylation sites (tertiary alicyclic amines) is 1. The van der Waals surface area contributed by atoms with Crippen LogP contribution < -0.4 is 0 Å². The Morgan fingerprint density at radius 2 is 2.00 bits per heavy atom. The normalized spacial score (nSPS) is 28.9. The van der Waals surface area contributed by atoms with Gasteiger partial charge in [-0.05, 0) is 25.8 Å². The van der Waals surface area contributed by atoms with Crippen LogP contribution in [-0.2, 0) is 5.60 Å². The van der Waals surface area contributed by atoms with Gasteiger partial charge in [0.15, 0.2) is 0 Å². The Morgan fingerprint density at radius 3 is 2.53 bits per heavy atom. The minimum Gasteiger partial charge on any atom is -0.385 e. The van der Waals surface area contributed by atoms with Gasteiger partial charge in [0, 0.05) is 19.0 Å². The van der Waals surface area contributed by atoms with Crippen molar-refractivity contribution in [3.8, 4) is 12.3 Å². The van der Waals surface area contributed by atoms with Crippen LogP contribution in [-0.4, -0.2) is 28.6 Å². The molecule has 1 heterocycles. The molecule has 1 aliphatic rings. The SMILES string of the molecule is C#CC(C)(C)N1CC[C@](O)(c2ccccc2)[C@@H](C)C1. The first-order chi connectivity index (χ1) is 8.90. The van der Waals surface area contributed by atoms with Crippen molar-refractivity contribution in [3.05, 3.63) is 35.9 Å². The number of hydrogen-bond acceptors (Lipinski definition) is 2. The number of hydrogen-bond donors (Lipinski definition) is 1. The molecule has 1 aromatic rings. The number of benzene rings is 1. The highest BCUT2D eigenvalue weighted by Gasteiger charge is 2.42. The van der Waals surface area contributed by atoms with Gasteiger partial charge in [-0.15, -0.1) is 6.42 Å². The van der Waals surface area contributed by atoms with Gasteiger partial charge >= 0.3 is 0 Å². The Balaban J connectivity index is 2.20. The molecule has 2 rings (SSSR count). The number of rotatable bonds is 2. The lowest BCUT2D eigenvalue weighted by atomic mass is 9.76. The third-order valence-electron chi connectivity index (χ3n) is 4.49. The Hall–Kier alpha value is -1.30. The van der Waals surface area contributed by atoms with E-state index in [9.17, 15) is 5.11 Å². The zero-order valence-corrected chi connectivity index (χ0v) is 12.1. The van der Waals surface area contributed by atoms with Crippen LogP contribution >= 0.6 is 0 Å². The predicted molar refractivity (Wildman–Crippen MR) is 78.6 cm³/mol. The van der Waals surface area contributed by atoms with E-state index >= 15 is 0 Å². The number of nitrogens with zero attached hydrogens (tertiary/aromatic N) is 1. The van der Waals surface area contributed by atoms with E-state index in [1.807, 2.05) is 30.3 Å². The Bertz CT molecular complexity index is 474. The van der Waals surface area contributed by atoms with E-state index in [0.717, 1.165) is 25.1 Å². The number of terminal acetylenes is 1. The van der Waals surface area contributed by atoms with Crippen molar-refractivity contribution >= 4 is 0 Å². The van der Waals surface area contributed by atoms with Crippen LogP contribution in [0.15, 0.2) is 30.3 Å². The highest BCUT2D eigenvalue weighted by atomic mass is 16.3. The van der Waals surface area contributed by atoms with Crippen LogP contribution in [0.2, 0.25) is 0 Å². The highest BCUT2D eigenvalue weighted by molar-refractivity contribution is 5.24. The van der Waals surface area contributed by atoms with Crippen molar-refractivity contribution in [2.24, 2.45) is 5.92 Å². The van der Waals surface area contributed by atoms with Crippen molar-refractivity contribution < 1.29 is 5.11 Å². The first-order valence-electron chi connectivity index (χ1n) is 6.91. The number of aliphatic hydroxyl groups is 1. The molecule has 0 bridgehead atoms. The second-order valence-corrected chi connectivity index (χ2v) is 6.09. The summed E-state index contributed by atoms with van der Waals surface area (Å²) in [5, 5.41) is 11.0. The highest BCUT2D eigenvalue weighted by Crippen LogP contribution is 2.38. The molecule has 1 aliphatic heterocycles. The van der Waals surface area contributed by atoms with Crippen LogP contribution in [0.3, 0.4) is 0 Å². The van der Waals surface area contributed by atoms with E-state index in [-0.39, 0.29) is 11.5 Å². The van der Waals surface area contributed by atoms with Gasteiger partial charge in [-0.3, -0.25) is 4.90 Å². The first-order valence-corrected chi connectivity index (χ1v) is 6.91. The fourth-order valence-corrected chi connectivity index (χ4v) is 2.88. The molecular weight excluding hydrogens is 234 g/mol. The Morgan fingerprint density at radius 1 is 1.37 bits per heavy atom. The van der Waals surface area contributed by atoms with Crippen LogP contribution in [0.1, 0.15) is 32.8 Å². The Kier molecular flexibility index (Phi) is 3.71. The Labute approximate surface area is 116 Å². The molecule has 0 aliphatic carbocycles. The van der Waals surface area contributed by atoms with E-state index in [0.29, 0.717) is 0 Å². The molecule has 1 N–H and O–H groups in total. The van der Waals surface area contributed by atoms with Gasteiger partial charge in [0.05, 0.1) is 11.1 Å². The van der Waals surface area contributed by atoms with Crippen molar-refractivity contribution in [1.82, 2.24) is 4.90 Å². The summed E-state index contributed by atoms with van der Waals surface area (Å²) in [6.07, 6.45) is 6.33. The van der Waals surface area contributed by atoms with Crippen molar-refractivity contribution in [2.45, 2.75) is 38.3 Å². The zero-order chi connectivity index (χ0) is 14.1. The van der Waals surface area contributed by atoms with E-state index in [1.165, 1.54) is 0 Å². The van der Waals surface area contributed by atoms with Crippen molar-refractivity contribution in [3.63, 3.8) is 0 Å². The largest absolute Gasteiger partial charge is 0.385 e. The van der Waals surface area contributed by atoms with Crippen LogP contribution in [0, 0.1) is 18.3 Å². The average molecular weight is 257 g/mol. The summed E-state index contributed by atoms with van der Waals surface area (Å²) in [4.78, 5) is 2.29. The van der Waals surface area contributed by atoms with E-state index in [4.69, 9.17) is 6.42 Å². The van der Waals surface area contributed by atoms with Gasteiger partial charge in [0.2, 0.25) is 0 Å². The third-order valence-corrected chi connectivity index (χ3v) is 4.49. The predicted octanol–water partition coefficient (Wildman–Crippen LogP) is 2.63. The lowest BCUT2D eigenvalue weighted by Crippen LogP contribution is -2.55. The zero-order valence-electron chi connectivity index (χ0n) is 12.1. The van der Waals surface area contributed by atoms with E-state index < -0.39 is 5.60 Å². The standard InChI is InChI=1S/C17H23NO/c1-5-16(3,4)18-12-11-17(19,14(2)13-18)15-9-7-6-8-10-15/h1,6-10,14,19H,11-13H2,2-4H3/t14-,17+/m0/s1. The third kappa shape index (κ3) is 2.54. The maximum Gasteiger partial charge on any atom is 0.0946 e. The maximum atomic E-state index is 11.0. The summed E-state index contributed by atoms with van der Waals surface area (Å²) < 4.78 is 0. The number of piperidine rings is 1. The molecule has 1 saturated heterocycles. The van der Waals surface area contributed by atoms with E-state index in [1.54, 1.807) is 0 Å². The summed E-state index contributed by atoms with van der Waals surface area (Å²) in [5.41, 5.74) is 0.0370. The molecule has 2 nitrogen and oxygen atoms in total. The molecule has 1 aromatic carbocycles. The molecule has 0 aromatic heterocycles. The van der Waals surface area contributed by atoms with Crippen molar-refractivity contribution in [2.75, 3.05) is 13.1 Å². The lowest BCUT2D eigenvalue weighted by Gasteiger charge is -2.47. The summed E-state index contributed by atoms with van der Waals surface area (Å²) >= 11 is 0. The first kappa shape index (κ1) is 14.1. The second-order valence-electron chi connectivity index (χ2n) is 6.09. The molecule has 0 saturated carbocycles. The smallest absolute Gasteiger partial charge is 0.0946 e.